The van der Waals surface area contributed by atoms with Gasteiger partial charge in [-0.1, -0.05) is 63.2 Å². The number of imide groups is 1. The van der Waals surface area contributed by atoms with Crippen LogP contribution in [0.1, 0.15) is 49.8 Å². The van der Waals surface area contributed by atoms with Gasteiger partial charge in [0.05, 0.1) is 0 Å². The molecule has 1 aliphatic rings. The summed E-state index contributed by atoms with van der Waals surface area (Å²) >= 11 is 0. The van der Waals surface area contributed by atoms with Crippen LogP contribution < -0.4 is 15.5 Å². The molecular formula is C23H27N3O4. The van der Waals surface area contributed by atoms with Crippen molar-refractivity contribution in [3.8, 4) is 5.75 Å². The van der Waals surface area contributed by atoms with Gasteiger partial charge in [-0.2, -0.15) is 5.01 Å². The SMILES string of the molecule is CC[C@]1(c2ccccc2)NC(=O)N(NC(=O)COc2cc(C(C)C)ccc2C)C1=O. The summed E-state index contributed by atoms with van der Waals surface area (Å²) in [4.78, 5) is 37.9. The van der Waals surface area contributed by atoms with E-state index in [4.69, 9.17) is 4.74 Å². The summed E-state index contributed by atoms with van der Waals surface area (Å²) < 4.78 is 5.65. The van der Waals surface area contributed by atoms with Crippen molar-refractivity contribution in [3.05, 3.63) is 65.2 Å². The average molecular weight is 409 g/mol. The third kappa shape index (κ3) is 4.01. The molecule has 0 aromatic heterocycles. The fraction of sp³-hybridized carbons (Fsp3) is 0.348. The number of carbonyl (C=O) groups excluding carboxylic acids is 3. The summed E-state index contributed by atoms with van der Waals surface area (Å²) in [7, 11) is 0. The first-order chi connectivity index (χ1) is 14.3. The number of ether oxygens (including phenoxy) is 1. The summed E-state index contributed by atoms with van der Waals surface area (Å²) in [5.41, 5.74) is 3.84. The van der Waals surface area contributed by atoms with Crippen LogP contribution in [0.5, 0.6) is 5.75 Å². The molecule has 7 heteroatoms. The van der Waals surface area contributed by atoms with Crippen molar-refractivity contribution in [2.75, 3.05) is 6.61 Å². The molecule has 7 nitrogen and oxygen atoms in total. The Labute approximate surface area is 176 Å². The normalized spacial score (nSPS) is 18.5. The Bertz CT molecular complexity index is 958. The molecule has 4 amide bonds. The van der Waals surface area contributed by atoms with Gasteiger partial charge in [0.1, 0.15) is 11.3 Å². The van der Waals surface area contributed by atoms with E-state index >= 15 is 0 Å². The minimum Gasteiger partial charge on any atom is -0.483 e. The van der Waals surface area contributed by atoms with Crippen LogP contribution in [0.4, 0.5) is 4.79 Å². The maximum Gasteiger partial charge on any atom is 0.344 e. The van der Waals surface area contributed by atoms with Crippen LogP contribution in [0.25, 0.3) is 0 Å². The number of aryl methyl sites for hydroxylation is 1. The van der Waals surface area contributed by atoms with Crippen LogP contribution in [0.3, 0.4) is 0 Å². The molecule has 0 spiro atoms. The third-order valence-corrected chi connectivity index (χ3v) is 5.36. The highest BCUT2D eigenvalue weighted by Crippen LogP contribution is 2.31. The van der Waals surface area contributed by atoms with Crippen LogP contribution in [0.15, 0.2) is 48.5 Å². The molecule has 1 aliphatic heterocycles. The third-order valence-electron chi connectivity index (χ3n) is 5.36. The highest BCUT2D eigenvalue weighted by Gasteiger charge is 2.52. The monoisotopic (exact) mass is 409 g/mol. The zero-order valence-corrected chi connectivity index (χ0v) is 17.7. The second kappa shape index (κ2) is 8.57. The van der Waals surface area contributed by atoms with Crippen molar-refractivity contribution in [1.29, 1.82) is 0 Å². The van der Waals surface area contributed by atoms with Gasteiger partial charge in [-0.05, 0) is 42.0 Å². The first kappa shape index (κ1) is 21.4. The lowest BCUT2D eigenvalue weighted by atomic mass is 9.87. The Balaban J connectivity index is 1.69. The molecule has 2 aromatic rings. The van der Waals surface area contributed by atoms with E-state index in [1.807, 2.05) is 38.1 Å². The molecule has 1 heterocycles. The highest BCUT2D eigenvalue weighted by atomic mass is 16.5. The summed E-state index contributed by atoms with van der Waals surface area (Å²) in [6.07, 6.45) is 0.353. The largest absolute Gasteiger partial charge is 0.483 e. The predicted octanol–water partition coefficient (Wildman–Crippen LogP) is 3.39. The van der Waals surface area contributed by atoms with Gasteiger partial charge in [0.25, 0.3) is 11.8 Å². The Morgan fingerprint density at radius 2 is 1.87 bits per heavy atom. The molecule has 1 fully saturated rings. The lowest BCUT2D eigenvalue weighted by Gasteiger charge is -2.25. The number of hydrogen-bond acceptors (Lipinski definition) is 4. The zero-order chi connectivity index (χ0) is 21.9. The average Bonchev–Trinajstić information content (AvgIpc) is 2.98. The van der Waals surface area contributed by atoms with Gasteiger partial charge in [0.15, 0.2) is 6.61 Å². The van der Waals surface area contributed by atoms with Gasteiger partial charge in [-0.15, -0.1) is 0 Å². The van der Waals surface area contributed by atoms with Crippen molar-refractivity contribution < 1.29 is 19.1 Å². The van der Waals surface area contributed by atoms with Crippen molar-refractivity contribution in [2.24, 2.45) is 0 Å². The molecule has 2 aromatic carbocycles. The molecule has 1 atom stereocenters. The van der Waals surface area contributed by atoms with E-state index in [0.29, 0.717) is 23.7 Å². The minimum atomic E-state index is -1.20. The van der Waals surface area contributed by atoms with Crippen molar-refractivity contribution in [3.63, 3.8) is 0 Å². The summed E-state index contributed by atoms with van der Waals surface area (Å²) in [6, 6.07) is 14.2. The Morgan fingerprint density at radius 1 is 1.17 bits per heavy atom. The van der Waals surface area contributed by atoms with E-state index in [-0.39, 0.29) is 6.61 Å². The summed E-state index contributed by atoms with van der Waals surface area (Å²) in [5, 5.41) is 3.46. The number of nitrogens with zero attached hydrogens (tertiary/aromatic N) is 1. The molecular weight excluding hydrogens is 382 g/mol. The zero-order valence-electron chi connectivity index (χ0n) is 17.7. The molecule has 30 heavy (non-hydrogen) atoms. The number of amides is 4. The van der Waals surface area contributed by atoms with Gasteiger partial charge in [-0.25, -0.2) is 4.79 Å². The van der Waals surface area contributed by atoms with Crippen LogP contribution in [-0.4, -0.2) is 29.5 Å². The second-order valence-electron chi connectivity index (χ2n) is 7.70. The number of hydrogen-bond donors (Lipinski definition) is 2. The number of carbonyl (C=O) groups is 3. The number of rotatable bonds is 7. The van der Waals surface area contributed by atoms with E-state index in [1.54, 1.807) is 24.3 Å². The van der Waals surface area contributed by atoms with E-state index in [1.165, 1.54) is 0 Å². The lowest BCUT2D eigenvalue weighted by molar-refractivity contribution is -0.140. The summed E-state index contributed by atoms with van der Waals surface area (Å²) in [5.74, 6) is -0.186. The van der Waals surface area contributed by atoms with Gasteiger partial charge in [-0.3, -0.25) is 15.0 Å². The number of hydrazine groups is 1. The maximum atomic E-state index is 13.0. The number of nitrogens with one attached hydrogen (secondary N) is 2. The smallest absolute Gasteiger partial charge is 0.344 e. The second-order valence-corrected chi connectivity index (χ2v) is 7.70. The molecule has 0 saturated carbocycles. The molecule has 0 bridgehead atoms. The number of urea groups is 1. The molecule has 0 radical (unpaired) electrons. The lowest BCUT2D eigenvalue weighted by Crippen LogP contribution is -2.49. The molecule has 0 unspecified atom stereocenters. The Kier molecular flexibility index (Phi) is 6.10. The maximum absolute atomic E-state index is 13.0. The molecule has 3 rings (SSSR count). The fourth-order valence-electron chi connectivity index (χ4n) is 3.47. The van der Waals surface area contributed by atoms with Crippen molar-refractivity contribution in [1.82, 2.24) is 15.8 Å². The Morgan fingerprint density at radius 3 is 2.50 bits per heavy atom. The molecule has 1 saturated heterocycles. The van der Waals surface area contributed by atoms with E-state index < -0.39 is 23.4 Å². The van der Waals surface area contributed by atoms with Gasteiger partial charge in [0, 0.05) is 0 Å². The van der Waals surface area contributed by atoms with Gasteiger partial charge in [0.2, 0.25) is 0 Å². The van der Waals surface area contributed by atoms with E-state index in [2.05, 4.69) is 24.6 Å². The van der Waals surface area contributed by atoms with Crippen LogP contribution in [0.2, 0.25) is 0 Å². The molecule has 0 aliphatic carbocycles. The van der Waals surface area contributed by atoms with Crippen LogP contribution in [0, 0.1) is 6.92 Å². The van der Waals surface area contributed by atoms with Crippen molar-refractivity contribution in [2.45, 2.75) is 45.6 Å². The topological polar surface area (TPSA) is 87.7 Å². The molecule has 2 N–H and O–H groups in total. The highest BCUT2D eigenvalue weighted by molar-refractivity contribution is 6.08. The first-order valence-corrected chi connectivity index (χ1v) is 10.0. The standard InChI is InChI=1S/C23H27N3O4/c1-5-23(18-9-7-6-8-10-18)21(28)26(22(29)24-23)25-20(27)14-30-19-13-17(15(2)3)12-11-16(19)4/h6-13,15H,5,14H2,1-4H3,(H,24,29)(H,25,27)/t23-/m1/s1. The Hall–Kier alpha value is -3.35. The fourth-order valence-corrected chi connectivity index (χ4v) is 3.47. The minimum absolute atomic E-state index is 0.316. The first-order valence-electron chi connectivity index (χ1n) is 10.0. The van der Waals surface area contributed by atoms with Gasteiger partial charge >= 0.3 is 6.03 Å². The number of benzene rings is 2. The van der Waals surface area contributed by atoms with Crippen LogP contribution >= 0.6 is 0 Å². The van der Waals surface area contributed by atoms with Gasteiger partial charge < -0.3 is 10.1 Å². The van der Waals surface area contributed by atoms with Crippen LogP contribution in [-0.2, 0) is 15.1 Å². The predicted molar refractivity (Wildman–Crippen MR) is 113 cm³/mol. The van der Waals surface area contributed by atoms with E-state index in [0.717, 1.165) is 16.1 Å². The quantitative estimate of drug-likeness (QED) is 0.686. The summed E-state index contributed by atoms with van der Waals surface area (Å²) in [6.45, 7) is 7.54. The van der Waals surface area contributed by atoms with E-state index in [9.17, 15) is 14.4 Å². The van der Waals surface area contributed by atoms with Crippen molar-refractivity contribution >= 4 is 17.8 Å². The molecule has 158 valence electrons.